The van der Waals surface area contributed by atoms with Gasteiger partial charge >= 0.3 is 0 Å². The van der Waals surface area contributed by atoms with Gasteiger partial charge in [-0.2, -0.15) is 0 Å². The lowest BCUT2D eigenvalue weighted by Crippen LogP contribution is -2.23. The minimum absolute atomic E-state index is 0.0163. The molecule has 0 fully saturated rings. The van der Waals surface area contributed by atoms with Crippen LogP contribution in [0.15, 0.2) is 65.7 Å². The van der Waals surface area contributed by atoms with Crippen LogP contribution in [0.4, 0.5) is 11.4 Å². The van der Waals surface area contributed by atoms with Crippen LogP contribution in [0.5, 0.6) is 17.2 Å². The molecule has 5 N–H and O–H groups in total. The first kappa shape index (κ1) is 25.1. The molecule has 0 saturated carbocycles. The van der Waals surface area contributed by atoms with Crippen molar-refractivity contribution in [2.45, 2.75) is 13.8 Å². The highest BCUT2D eigenvalue weighted by atomic mass is 16.5. The van der Waals surface area contributed by atoms with Crippen LogP contribution in [0.25, 0.3) is 0 Å². The van der Waals surface area contributed by atoms with Crippen LogP contribution in [0, 0.1) is 0 Å². The lowest BCUT2D eigenvalue weighted by molar-refractivity contribution is 0.0996. The van der Waals surface area contributed by atoms with E-state index in [2.05, 4.69) is 10.3 Å². The van der Waals surface area contributed by atoms with Crippen molar-refractivity contribution in [3.05, 3.63) is 77.4 Å². The van der Waals surface area contributed by atoms with Gasteiger partial charge in [0.15, 0.2) is 11.5 Å². The average molecular weight is 477 g/mol. The third-order valence-electron chi connectivity index (χ3n) is 4.91. The fourth-order valence-electron chi connectivity index (χ4n) is 3.42. The number of carbonyl (C=O) groups excluding carboxylic acids is 2. The fraction of sp³-hybridized carbons (Fsp3) is 0.192. The highest BCUT2D eigenvalue weighted by Crippen LogP contribution is 2.42. The first-order valence-electron chi connectivity index (χ1n) is 11.0. The van der Waals surface area contributed by atoms with E-state index in [0.717, 1.165) is 0 Å². The van der Waals surface area contributed by atoms with Gasteiger partial charge in [-0.05, 0) is 50.2 Å². The standard InChI is InChI=1S/C26H28N4O5/c1-4-34-22-20(33-3)15-19(25(28)31)21(23(22)35-5-2)24(27)29-17-12-9-13-18(14-17)30-26(32)16-10-7-6-8-11-16/h6-15H,4-5H2,1-3H3,(H2,27,29)(H2,28,31)(H,30,32). The van der Waals surface area contributed by atoms with E-state index in [0.29, 0.717) is 29.3 Å². The molecule has 0 aliphatic rings. The van der Waals surface area contributed by atoms with Crippen molar-refractivity contribution < 1.29 is 23.8 Å². The van der Waals surface area contributed by atoms with Crippen molar-refractivity contribution in [1.82, 2.24) is 0 Å². The van der Waals surface area contributed by atoms with E-state index in [1.807, 2.05) is 13.0 Å². The molecule has 0 aliphatic heterocycles. The highest BCUT2D eigenvalue weighted by molar-refractivity contribution is 6.12. The summed E-state index contributed by atoms with van der Waals surface area (Å²) >= 11 is 0. The van der Waals surface area contributed by atoms with Crippen molar-refractivity contribution >= 4 is 29.0 Å². The van der Waals surface area contributed by atoms with Gasteiger partial charge in [0.2, 0.25) is 11.7 Å². The van der Waals surface area contributed by atoms with E-state index in [1.54, 1.807) is 55.5 Å². The maximum Gasteiger partial charge on any atom is 0.255 e. The Hall–Kier alpha value is -4.53. The summed E-state index contributed by atoms with van der Waals surface area (Å²) in [5.74, 6) is -0.227. The SMILES string of the molecule is CCOc1c(OC)cc(C(N)=O)c(C(N)=Nc2cccc(NC(=O)c3ccccc3)c2)c1OCC. The summed E-state index contributed by atoms with van der Waals surface area (Å²) in [5, 5.41) is 2.83. The van der Waals surface area contributed by atoms with Crippen molar-refractivity contribution in [3.8, 4) is 17.2 Å². The van der Waals surface area contributed by atoms with E-state index >= 15 is 0 Å². The molecular formula is C26H28N4O5. The van der Waals surface area contributed by atoms with Crippen LogP contribution >= 0.6 is 0 Å². The van der Waals surface area contributed by atoms with E-state index in [9.17, 15) is 9.59 Å². The molecule has 0 spiro atoms. The normalized spacial score (nSPS) is 11.0. The van der Waals surface area contributed by atoms with Gasteiger partial charge in [-0.25, -0.2) is 4.99 Å². The van der Waals surface area contributed by atoms with Crippen LogP contribution < -0.4 is 31.0 Å². The number of carbonyl (C=O) groups is 2. The van der Waals surface area contributed by atoms with Gasteiger partial charge in [0.1, 0.15) is 5.84 Å². The Labute approximate surface area is 203 Å². The van der Waals surface area contributed by atoms with Crippen molar-refractivity contribution in [2.24, 2.45) is 16.5 Å². The van der Waals surface area contributed by atoms with Crippen LogP contribution in [0.1, 0.15) is 40.1 Å². The van der Waals surface area contributed by atoms with Crippen LogP contribution in [0.3, 0.4) is 0 Å². The molecule has 0 atom stereocenters. The number of primary amides is 1. The Balaban J connectivity index is 2.05. The molecule has 0 saturated heterocycles. The summed E-state index contributed by atoms with van der Waals surface area (Å²) in [5.41, 5.74) is 13.8. The first-order chi connectivity index (χ1) is 16.9. The third kappa shape index (κ3) is 5.89. The zero-order valence-corrected chi connectivity index (χ0v) is 19.8. The van der Waals surface area contributed by atoms with E-state index < -0.39 is 5.91 Å². The molecule has 0 unspecified atom stereocenters. The third-order valence-corrected chi connectivity index (χ3v) is 4.91. The van der Waals surface area contributed by atoms with Gasteiger partial charge in [-0.3, -0.25) is 9.59 Å². The molecular weight excluding hydrogens is 448 g/mol. The molecule has 3 aromatic rings. The number of aliphatic imine (C=N–C) groups is 1. The summed E-state index contributed by atoms with van der Waals surface area (Å²) in [6.45, 7) is 4.19. The van der Waals surface area contributed by atoms with Crippen molar-refractivity contribution in [2.75, 3.05) is 25.6 Å². The number of amides is 2. The molecule has 182 valence electrons. The van der Waals surface area contributed by atoms with Gasteiger partial charge in [0.25, 0.3) is 5.91 Å². The van der Waals surface area contributed by atoms with Gasteiger partial charge in [-0.1, -0.05) is 24.3 Å². The molecule has 0 heterocycles. The largest absolute Gasteiger partial charge is 0.493 e. The zero-order chi connectivity index (χ0) is 25.4. The summed E-state index contributed by atoms with van der Waals surface area (Å²) in [6.07, 6.45) is 0. The van der Waals surface area contributed by atoms with Gasteiger partial charge in [-0.15, -0.1) is 0 Å². The highest BCUT2D eigenvalue weighted by Gasteiger charge is 2.26. The molecule has 0 aromatic heterocycles. The van der Waals surface area contributed by atoms with Crippen LogP contribution in [-0.2, 0) is 0 Å². The number of nitrogens with one attached hydrogen (secondary N) is 1. The van der Waals surface area contributed by atoms with E-state index in [-0.39, 0.29) is 41.0 Å². The van der Waals surface area contributed by atoms with Gasteiger partial charge in [0.05, 0.1) is 37.1 Å². The Morgan fingerprint density at radius 1 is 0.914 bits per heavy atom. The molecule has 9 nitrogen and oxygen atoms in total. The number of anilines is 1. The molecule has 0 bridgehead atoms. The maximum absolute atomic E-state index is 12.5. The summed E-state index contributed by atoms with van der Waals surface area (Å²) in [7, 11) is 1.45. The topological polar surface area (TPSA) is 138 Å². The van der Waals surface area contributed by atoms with E-state index in [1.165, 1.54) is 13.2 Å². The quantitative estimate of drug-likeness (QED) is 0.300. The number of rotatable bonds is 10. The number of hydrogen-bond acceptors (Lipinski definition) is 6. The molecule has 2 amide bonds. The van der Waals surface area contributed by atoms with Gasteiger partial charge < -0.3 is 31.0 Å². The second-order valence-corrected chi connectivity index (χ2v) is 7.26. The maximum atomic E-state index is 12.5. The summed E-state index contributed by atoms with van der Waals surface area (Å²) in [6, 6.07) is 17.1. The number of hydrogen-bond donors (Lipinski definition) is 3. The van der Waals surface area contributed by atoms with Crippen LogP contribution in [0.2, 0.25) is 0 Å². The number of methoxy groups -OCH3 is 1. The Morgan fingerprint density at radius 2 is 1.60 bits per heavy atom. The minimum atomic E-state index is -0.732. The molecule has 0 radical (unpaired) electrons. The van der Waals surface area contributed by atoms with Crippen molar-refractivity contribution in [3.63, 3.8) is 0 Å². The molecule has 3 aromatic carbocycles. The van der Waals surface area contributed by atoms with E-state index in [4.69, 9.17) is 25.7 Å². The Kier molecular flexibility index (Phi) is 8.29. The predicted octanol–water partition coefficient (Wildman–Crippen LogP) is 3.88. The molecule has 35 heavy (non-hydrogen) atoms. The minimum Gasteiger partial charge on any atom is -0.493 e. The predicted molar refractivity (Wildman–Crippen MR) is 135 cm³/mol. The van der Waals surface area contributed by atoms with Crippen molar-refractivity contribution in [1.29, 1.82) is 0 Å². The molecule has 9 heteroatoms. The number of benzene rings is 3. The zero-order valence-electron chi connectivity index (χ0n) is 19.8. The second-order valence-electron chi connectivity index (χ2n) is 7.26. The lowest BCUT2D eigenvalue weighted by Gasteiger charge is -2.20. The molecule has 0 aliphatic carbocycles. The smallest absolute Gasteiger partial charge is 0.255 e. The number of ether oxygens (including phenoxy) is 3. The summed E-state index contributed by atoms with van der Waals surface area (Å²) < 4.78 is 16.9. The Bertz CT molecular complexity index is 1240. The number of nitrogens with two attached hydrogens (primary N) is 2. The second kappa shape index (κ2) is 11.6. The monoisotopic (exact) mass is 476 g/mol. The van der Waals surface area contributed by atoms with Gasteiger partial charge in [0, 0.05) is 11.3 Å². The lowest BCUT2D eigenvalue weighted by atomic mass is 10.0. The average Bonchev–Trinajstić information content (AvgIpc) is 2.85. The first-order valence-corrected chi connectivity index (χ1v) is 11.0. The summed E-state index contributed by atoms with van der Waals surface area (Å²) in [4.78, 5) is 29.3. The number of nitrogens with zero attached hydrogens (tertiary/aromatic N) is 1. The number of amidine groups is 1. The fourth-order valence-corrected chi connectivity index (χ4v) is 3.42. The molecule has 3 rings (SSSR count). The Morgan fingerprint density at radius 3 is 2.23 bits per heavy atom. The van der Waals surface area contributed by atoms with Crippen LogP contribution in [-0.4, -0.2) is 38.0 Å².